The quantitative estimate of drug-likeness (QED) is 0.760. The maximum Gasteiger partial charge on any atom is 0.227 e. The lowest BCUT2D eigenvalue weighted by Crippen LogP contribution is -2.34. The van der Waals surface area contributed by atoms with E-state index in [2.05, 4.69) is 17.1 Å². The molecule has 4 heteroatoms. The molecule has 0 aliphatic rings. The van der Waals surface area contributed by atoms with E-state index in [4.69, 9.17) is 0 Å². The van der Waals surface area contributed by atoms with Crippen LogP contribution in [0.5, 0.6) is 0 Å². The Bertz CT molecular complexity index is 818. The summed E-state index contributed by atoms with van der Waals surface area (Å²) in [7, 11) is 0. The highest BCUT2D eigenvalue weighted by Gasteiger charge is 2.14. The molecule has 1 amide bonds. The Morgan fingerprint density at radius 1 is 1.00 bits per heavy atom. The highest BCUT2D eigenvalue weighted by Crippen LogP contribution is 2.17. The molecule has 0 saturated carbocycles. The van der Waals surface area contributed by atoms with Gasteiger partial charge in [-0.25, -0.2) is 0 Å². The van der Waals surface area contributed by atoms with Gasteiger partial charge in [0, 0.05) is 25.5 Å². The number of rotatable bonds is 6. The number of benzene rings is 2. The molecule has 0 saturated heterocycles. The lowest BCUT2D eigenvalue weighted by Gasteiger charge is -2.22. The fourth-order valence-electron chi connectivity index (χ4n) is 2.76. The van der Waals surface area contributed by atoms with Crippen LogP contribution in [0.2, 0.25) is 0 Å². The molecule has 0 aliphatic carbocycles. The van der Waals surface area contributed by atoms with E-state index >= 15 is 0 Å². The number of hydrogen-bond donors (Lipinski definition) is 1. The molecule has 3 rings (SSSR count). The van der Waals surface area contributed by atoms with Crippen molar-refractivity contribution in [3.05, 3.63) is 78.1 Å². The molecule has 0 radical (unpaired) electrons. The molecule has 1 heterocycles. The molecule has 0 unspecified atom stereocenters. The van der Waals surface area contributed by atoms with Gasteiger partial charge in [-0.3, -0.25) is 9.78 Å². The van der Waals surface area contributed by atoms with E-state index in [1.807, 2.05) is 42.5 Å². The molecule has 2 aromatic carbocycles. The summed E-state index contributed by atoms with van der Waals surface area (Å²) in [6, 6.07) is 18.0. The Hall–Kier alpha value is -2.72. The van der Waals surface area contributed by atoms with Gasteiger partial charge in [-0.15, -0.1) is 0 Å². The van der Waals surface area contributed by atoms with E-state index in [1.54, 1.807) is 17.3 Å². The smallest absolute Gasteiger partial charge is 0.227 e. The SMILES string of the molecule is O=C(Cc1ccc2ccccc2c1)N(CCO)Cc1cccnc1. The molecule has 0 aliphatic heterocycles. The first-order valence-electron chi connectivity index (χ1n) is 8.01. The van der Waals surface area contributed by atoms with Crippen molar-refractivity contribution in [3.63, 3.8) is 0 Å². The van der Waals surface area contributed by atoms with Crippen LogP contribution in [0.25, 0.3) is 10.8 Å². The number of carbonyl (C=O) groups is 1. The Balaban J connectivity index is 1.74. The van der Waals surface area contributed by atoms with Crippen LogP contribution in [0.1, 0.15) is 11.1 Å². The first kappa shape index (κ1) is 16.1. The number of aliphatic hydroxyl groups excluding tert-OH is 1. The number of amides is 1. The first-order chi connectivity index (χ1) is 11.8. The summed E-state index contributed by atoms with van der Waals surface area (Å²) in [5, 5.41) is 11.6. The van der Waals surface area contributed by atoms with Crippen molar-refractivity contribution in [2.24, 2.45) is 0 Å². The number of nitrogens with zero attached hydrogens (tertiary/aromatic N) is 2. The largest absolute Gasteiger partial charge is 0.395 e. The fraction of sp³-hybridized carbons (Fsp3) is 0.200. The van der Waals surface area contributed by atoms with E-state index < -0.39 is 0 Å². The predicted molar refractivity (Wildman–Crippen MR) is 94.4 cm³/mol. The van der Waals surface area contributed by atoms with Crippen LogP contribution in [0.15, 0.2) is 67.0 Å². The minimum Gasteiger partial charge on any atom is -0.395 e. The summed E-state index contributed by atoms with van der Waals surface area (Å²) in [4.78, 5) is 18.4. The zero-order chi connectivity index (χ0) is 16.8. The maximum atomic E-state index is 12.6. The van der Waals surface area contributed by atoms with Gasteiger partial charge in [0.2, 0.25) is 5.91 Å². The molecule has 122 valence electrons. The van der Waals surface area contributed by atoms with E-state index in [-0.39, 0.29) is 12.5 Å². The Morgan fingerprint density at radius 2 is 1.83 bits per heavy atom. The third-order valence-electron chi connectivity index (χ3n) is 3.99. The molecular weight excluding hydrogens is 300 g/mol. The third-order valence-corrected chi connectivity index (χ3v) is 3.99. The van der Waals surface area contributed by atoms with Crippen LogP contribution >= 0.6 is 0 Å². The van der Waals surface area contributed by atoms with E-state index in [0.717, 1.165) is 21.9 Å². The summed E-state index contributed by atoms with van der Waals surface area (Å²) in [6.07, 6.45) is 3.77. The van der Waals surface area contributed by atoms with Crippen LogP contribution in [0.4, 0.5) is 0 Å². The lowest BCUT2D eigenvalue weighted by atomic mass is 10.0. The van der Waals surface area contributed by atoms with Crippen LogP contribution < -0.4 is 0 Å². The van der Waals surface area contributed by atoms with Crippen molar-refractivity contribution in [2.75, 3.05) is 13.2 Å². The molecule has 0 spiro atoms. The second kappa shape index (κ2) is 7.70. The van der Waals surface area contributed by atoms with E-state index in [9.17, 15) is 9.90 Å². The van der Waals surface area contributed by atoms with Crippen molar-refractivity contribution >= 4 is 16.7 Å². The second-order valence-electron chi connectivity index (χ2n) is 5.76. The minimum atomic E-state index is -0.0519. The first-order valence-corrected chi connectivity index (χ1v) is 8.01. The topological polar surface area (TPSA) is 53.4 Å². The Kier molecular flexibility index (Phi) is 5.18. The predicted octanol–water partition coefficient (Wildman–Crippen LogP) is 2.80. The van der Waals surface area contributed by atoms with Crippen molar-refractivity contribution < 1.29 is 9.90 Å². The zero-order valence-corrected chi connectivity index (χ0v) is 13.4. The summed E-state index contributed by atoms with van der Waals surface area (Å²) >= 11 is 0. The van der Waals surface area contributed by atoms with Crippen LogP contribution in [0.3, 0.4) is 0 Å². The number of pyridine rings is 1. The number of carbonyl (C=O) groups excluding carboxylic acids is 1. The van der Waals surface area contributed by atoms with Gasteiger partial charge in [-0.2, -0.15) is 0 Å². The van der Waals surface area contributed by atoms with Gasteiger partial charge in [0.15, 0.2) is 0 Å². The average Bonchev–Trinajstić information content (AvgIpc) is 2.62. The van der Waals surface area contributed by atoms with Crippen LogP contribution in [-0.2, 0) is 17.8 Å². The Labute approximate surface area is 141 Å². The summed E-state index contributed by atoms with van der Waals surface area (Å²) in [6.45, 7) is 0.728. The molecule has 0 atom stereocenters. The number of fused-ring (bicyclic) bond motifs is 1. The number of aromatic nitrogens is 1. The third kappa shape index (κ3) is 3.97. The molecule has 0 bridgehead atoms. The zero-order valence-electron chi connectivity index (χ0n) is 13.4. The van der Waals surface area contributed by atoms with Crippen molar-refractivity contribution in [3.8, 4) is 0 Å². The van der Waals surface area contributed by atoms with Crippen molar-refractivity contribution in [1.82, 2.24) is 9.88 Å². The number of aliphatic hydroxyl groups is 1. The highest BCUT2D eigenvalue weighted by atomic mass is 16.3. The lowest BCUT2D eigenvalue weighted by molar-refractivity contribution is -0.131. The van der Waals surface area contributed by atoms with Gasteiger partial charge in [0.1, 0.15) is 0 Å². The molecule has 4 nitrogen and oxygen atoms in total. The summed E-state index contributed by atoms with van der Waals surface area (Å²) in [5.74, 6) is 0.00295. The van der Waals surface area contributed by atoms with Gasteiger partial charge in [-0.1, -0.05) is 48.5 Å². The normalized spacial score (nSPS) is 10.7. The van der Waals surface area contributed by atoms with Crippen molar-refractivity contribution in [1.29, 1.82) is 0 Å². The summed E-state index contributed by atoms with van der Waals surface area (Å²) in [5.41, 5.74) is 1.94. The van der Waals surface area contributed by atoms with Gasteiger partial charge >= 0.3 is 0 Å². The standard InChI is InChI=1S/C20H20N2O2/c23-11-10-22(15-17-4-3-9-21-14-17)20(24)13-16-7-8-18-5-1-2-6-19(18)12-16/h1-9,12,14,23H,10-11,13,15H2. The molecule has 0 fully saturated rings. The van der Waals surface area contributed by atoms with Gasteiger partial charge in [0.25, 0.3) is 0 Å². The summed E-state index contributed by atoms with van der Waals surface area (Å²) < 4.78 is 0. The minimum absolute atomic E-state index is 0.00295. The molecular formula is C20H20N2O2. The molecule has 1 N–H and O–H groups in total. The van der Waals surface area contributed by atoms with Crippen LogP contribution in [0, 0.1) is 0 Å². The number of hydrogen-bond acceptors (Lipinski definition) is 3. The Morgan fingerprint density at radius 3 is 2.58 bits per heavy atom. The second-order valence-corrected chi connectivity index (χ2v) is 5.76. The van der Waals surface area contributed by atoms with E-state index in [0.29, 0.717) is 19.5 Å². The van der Waals surface area contributed by atoms with Gasteiger partial charge < -0.3 is 10.0 Å². The van der Waals surface area contributed by atoms with Gasteiger partial charge in [-0.05, 0) is 28.0 Å². The van der Waals surface area contributed by atoms with E-state index in [1.165, 1.54) is 0 Å². The van der Waals surface area contributed by atoms with Crippen LogP contribution in [-0.4, -0.2) is 34.0 Å². The molecule has 1 aromatic heterocycles. The molecule has 24 heavy (non-hydrogen) atoms. The average molecular weight is 320 g/mol. The maximum absolute atomic E-state index is 12.6. The molecule has 3 aromatic rings. The van der Waals surface area contributed by atoms with Gasteiger partial charge in [0.05, 0.1) is 13.0 Å². The highest BCUT2D eigenvalue weighted by molar-refractivity contribution is 5.85. The monoisotopic (exact) mass is 320 g/mol. The fourth-order valence-corrected chi connectivity index (χ4v) is 2.76. The van der Waals surface area contributed by atoms with Crippen molar-refractivity contribution in [2.45, 2.75) is 13.0 Å².